The Hall–Kier alpha value is -3.55. The van der Waals surface area contributed by atoms with E-state index in [4.69, 9.17) is 13.9 Å². The van der Waals surface area contributed by atoms with E-state index in [1.54, 1.807) is 25.2 Å². The van der Waals surface area contributed by atoms with Crippen LogP contribution in [0.15, 0.2) is 58.6 Å². The molecule has 0 saturated carbocycles. The number of benzene rings is 1. The average Bonchev–Trinajstić information content (AvgIpc) is 3.43. The number of nitrogens with zero attached hydrogens (tertiary/aromatic N) is 3. The Morgan fingerprint density at radius 3 is 2.86 bits per heavy atom. The molecule has 0 bridgehead atoms. The topological polar surface area (TPSA) is 91.4 Å². The van der Waals surface area contributed by atoms with Crippen molar-refractivity contribution >= 4 is 11.7 Å². The predicted molar refractivity (Wildman–Crippen MR) is 104 cm³/mol. The molecule has 1 aliphatic carbocycles. The normalized spacial score (nSPS) is 20.7. The molecule has 0 fully saturated rings. The zero-order valence-corrected chi connectivity index (χ0v) is 16.1. The van der Waals surface area contributed by atoms with E-state index in [9.17, 15) is 4.79 Å². The molecule has 0 radical (unpaired) electrons. The molecule has 2 aliphatic rings. The number of hydrogen-bond acceptors (Lipinski definition) is 7. The molecule has 3 heterocycles. The molecule has 0 spiro atoms. The Morgan fingerprint density at radius 2 is 2.10 bits per heavy atom. The lowest BCUT2D eigenvalue weighted by molar-refractivity contribution is -0.117. The summed E-state index contributed by atoms with van der Waals surface area (Å²) >= 11 is 0. The van der Waals surface area contributed by atoms with Crippen LogP contribution in [-0.4, -0.2) is 34.8 Å². The van der Waals surface area contributed by atoms with Crippen LogP contribution in [0.25, 0.3) is 0 Å². The quantitative estimate of drug-likeness (QED) is 0.728. The van der Waals surface area contributed by atoms with Crippen LogP contribution in [0.5, 0.6) is 11.5 Å². The molecule has 1 aromatic carbocycles. The van der Waals surface area contributed by atoms with Crippen molar-refractivity contribution in [2.24, 2.45) is 0 Å². The number of ketones is 1. The third-order valence-electron chi connectivity index (χ3n) is 5.54. The van der Waals surface area contributed by atoms with Crippen molar-refractivity contribution in [1.82, 2.24) is 14.8 Å². The second kappa shape index (κ2) is 6.80. The van der Waals surface area contributed by atoms with Gasteiger partial charge < -0.3 is 19.2 Å². The Morgan fingerprint density at radius 1 is 1.21 bits per heavy atom. The molecule has 1 N–H and O–H groups in total. The van der Waals surface area contributed by atoms with E-state index < -0.39 is 6.04 Å². The third kappa shape index (κ3) is 2.79. The fourth-order valence-electron chi connectivity index (χ4n) is 4.22. The van der Waals surface area contributed by atoms with Gasteiger partial charge >= 0.3 is 0 Å². The second-order valence-corrected chi connectivity index (χ2v) is 7.10. The summed E-state index contributed by atoms with van der Waals surface area (Å²) in [5.74, 6) is 2.79. The van der Waals surface area contributed by atoms with Gasteiger partial charge in [0.1, 0.15) is 29.6 Å². The highest BCUT2D eigenvalue weighted by Crippen LogP contribution is 2.46. The number of nitrogens with one attached hydrogen (secondary N) is 1. The summed E-state index contributed by atoms with van der Waals surface area (Å²) < 4.78 is 18.3. The fraction of sp³-hybridized carbons (Fsp3) is 0.286. The number of fused-ring (bicyclic) bond motifs is 1. The summed E-state index contributed by atoms with van der Waals surface area (Å²) in [6.45, 7) is 0. The van der Waals surface area contributed by atoms with E-state index in [-0.39, 0.29) is 11.7 Å². The minimum atomic E-state index is -0.446. The molecule has 0 saturated heterocycles. The first kappa shape index (κ1) is 17.5. The first-order valence-corrected chi connectivity index (χ1v) is 9.37. The average molecular weight is 392 g/mol. The van der Waals surface area contributed by atoms with E-state index in [1.807, 2.05) is 30.3 Å². The molecule has 2 aromatic heterocycles. The van der Waals surface area contributed by atoms with Crippen molar-refractivity contribution < 1.29 is 18.7 Å². The molecule has 5 rings (SSSR count). The number of methoxy groups -OCH3 is 2. The molecule has 29 heavy (non-hydrogen) atoms. The SMILES string of the molecule is COc1ccc(OC)c([C@@H]2C3=C(C[C@H](c4ccco4)CC3=O)Nc3ncnn32)c1. The Balaban J connectivity index is 1.66. The highest BCUT2D eigenvalue weighted by molar-refractivity contribution is 6.00. The lowest BCUT2D eigenvalue weighted by Gasteiger charge is -2.35. The molecular formula is C21H20N4O4. The van der Waals surface area contributed by atoms with Gasteiger partial charge in [-0.3, -0.25) is 4.79 Å². The molecule has 3 aromatic rings. The number of anilines is 1. The maximum absolute atomic E-state index is 13.3. The van der Waals surface area contributed by atoms with Crippen LogP contribution >= 0.6 is 0 Å². The van der Waals surface area contributed by atoms with E-state index in [0.29, 0.717) is 35.9 Å². The van der Waals surface area contributed by atoms with Crippen molar-refractivity contribution in [2.45, 2.75) is 24.8 Å². The molecule has 8 nitrogen and oxygen atoms in total. The second-order valence-electron chi connectivity index (χ2n) is 7.10. The number of aromatic nitrogens is 3. The van der Waals surface area contributed by atoms with Crippen LogP contribution in [0, 0.1) is 0 Å². The van der Waals surface area contributed by atoms with Crippen molar-refractivity contribution in [1.29, 1.82) is 0 Å². The minimum Gasteiger partial charge on any atom is -0.497 e. The minimum absolute atomic E-state index is 0.00826. The summed E-state index contributed by atoms with van der Waals surface area (Å²) in [4.78, 5) is 17.7. The van der Waals surface area contributed by atoms with Crippen LogP contribution in [0.4, 0.5) is 5.95 Å². The van der Waals surface area contributed by atoms with Gasteiger partial charge in [0.25, 0.3) is 0 Å². The Bertz CT molecular complexity index is 1100. The smallest absolute Gasteiger partial charge is 0.226 e. The van der Waals surface area contributed by atoms with Crippen molar-refractivity contribution in [2.75, 3.05) is 19.5 Å². The molecule has 0 unspecified atom stereocenters. The number of rotatable bonds is 4. The first-order chi connectivity index (χ1) is 14.2. The lowest BCUT2D eigenvalue weighted by atomic mass is 9.79. The summed E-state index contributed by atoms with van der Waals surface area (Å²) in [7, 11) is 3.22. The maximum atomic E-state index is 13.3. The molecule has 8 heteroatoms. The van der Waals surface area contributed by atoms with Gasteiger partial charge in [0.05, 0.1) is 20.5 Å². The van der Waals surface area contributed by atoms with Gasteiger partial charge in [0.15, 0.2) is 5.78 Å². The Labute approximate surface area is 167 Å². The van der Waals surface area contributed by atoms with E-state index in [0.717, 1.165) is 17.0 Å². The van der Waals surface area contributed by atoms with Crippen LogP contribution in [-0.2, 0) is 4.79 Å². The number of carbonyl (C=O) groups is 1. The number of Topliss-reactive ketones (excluding diaryl/α,β-unsaturated/α-hetero) is 1. The Kier molecular flexibility index (Phi) is 4.12. The molecule has 2 atom stereocenters. The highest BCUT2D eigenvalue weighted by atomic mass is 16.5. The van der Waals surface area contributed by atoms with Crippen molar-refractivity contribution in [3.05, 3.63) is 65.5 Å². The van der Waals surface area contributed by atoms with Crippen molar-refractivity contribution in [3.8, 4) is 11.5 Å². The van der Waals surface area contributed by atoms with Gasteiger partial charge in [-0.15, -0.1) is 0 Å². The van der Waals surface area contributed by atoms with E-state index >= 15 is 0 Å². The number of hydrogen-bond donors (Lipinski definition) is 1. The zero-order valence-electron chi connectivity index (χ0n) is 16.1. The van der Waals surface area contributed by atoms with Crippen LogP contribution in [0.3, 0.4) is 0 Å². The predicted octanol–water partition coefficient (Wildman–Crippen LogP) is 3.30. The van der Waals surface area contributed by atoms with E-state index in [1.165, 1.54) is 6.33 Å². The lowest BCUT2D eigenvalue weighted by Crippen LogP contribution is -2.33. The highest BCUT2D eigenvalue weighted by Gasteiger charge is 2.41. The van der Waals surface area contributed by atoms with Gasteiger partial charge in [-0.1, -0.05) is 0 Å². The standard InChI is InChI=1S/C21H20N4O4/c1-27-13-5-6-18(28-2)14(10-13)20-19-15(24-21-22-11-23-25(20)21)8-12(9-16(19)26)17-4-3-7-29-17/h3-7,10-12,20H,8-9H2,1-2H3,(H,22,23,24)/t12-,20+/m0/s1. The number of allylic oxidation sites excluding steroid dienone is 2. The van der Waals surface area contributed by atoms with Gasteiger partial charge in [0, 0.05) is 29.2 Å². The summed E-state index contributed by atoms with van der Waals surface area (Å²) in [5, 5.41) is 7.68. The maximum Gasteiger partial charge on any atom is 0.226 e. The van der Waals surface area contributed by atoms with Gasteiger partial charge in [-0.2, -0.15) is 10.1 Å². The third-order valence-corrected chi connectivity index (χ3v) is 5.54. The number of carbonyl (C=O) groups excluding carboxylic acids is 1. The van der Waals surface area contributed by atoms with Crippen LogP contribution in [0.2, 0.25) is 0 Å². The summed E-state index contributed by atoms with van der Waals surface area (Å²) in [6, 6.07) is 8.87. The van der Waals surface area contributed by atoms with Gasteiger partial charge in [-0.25, -0.2) is 4.68 Å². The zero-order chi connectivity index (χ0) is 20.0. The largest absolute Gasteiger partial charge is 0.497 e. The van der Waals surface area contributed by atoms with Crippen LogP contribution < -0.4 is 14.8 Å². The molecular weight excluding hydrogens is 372 g/mol. The number of furan rings is 1. The molecule has 148 valence electrons. The molecule has 1 aliphatic heterocycles. The number of ether oxygens (including phenoxy) is 2. The first-order valence-electron chi connectivity index (χ1n) is 9.37. The van der Waals surface area contributed by atoms with Crippen LogP contribution in [0.1, 0.15) is 36.1 Å². The monoisotopic (exact) mass is 392 g/mol. The fourth-order valence-corrected chi connectivity index (χ4v) is 4.22. The van der Waals surface area contributed by atoms with Gasteiger partial charge in [0.2, 0.25) is 5.95 Å². The molecule has 0 amide bonds. The summed E-state index contributed by atoms with van der Waals surface area (Å²) in [5.41, 5.74) is 2.33. The van der Waals surface area contributed by atoms with E-state index in [2.05, 4.69) is 15.4 Å². The van der Waals surface area contributed by atoms with Crippen molar-refractivity contribution in [3.63, 3.8) is 0 Å². The van der Waals surface area contributed by atoms with Gasteiger partial charge in [-0.05, 0) is 36.8 Å². The summed E-state index contributed by atoms with van der Waals surface area (Å²) in [6.07, 6.45) is 4.15.